The maximum Gasteiger partial charge on any atom is 0.416 e. The first-order valence-electron chi connectivity index (χ1n) is 5.89. The van der Waals surface area contributed by atoms with Crippen LogP contribution in [0.1, 0.15) is 21.6 Å². The molecule has 0 atom stereocenters. The lowest BCUT2D eigenvalue weighted by molar-refractivity contribution is -0.137. The van der Waals surface area contributed by atoms with Crippen molar-refractivity contribution in [2.24, 2.45) is 0 Å². The second-order valence-corrected chi connectivity index (χ2v) is 4.20. The number of rotatable bonds is 3. The lowest BCUT2D eigenvalue weighted by atomic mass is 10.1. The molecule has 5 nitrogen and oxygen atoms in total. The number of nitrogens with zero attached hydrogens (tertiary/aromatic N) is 2. The van der Waals surface area contributed by atoms with Crippen LogP contribution in [0.3, 0.4) is 0 Å². The maximum atomic E-state index is 12.6. The molecule has 0 aliphatic rings. The van der Waals surface area contributed by atoms with E-state index in [1.165, 1.54) is 6.20 Å². The Bertz CT molecular complexity index is 644. The van der Waals surface area contributed by atoms with Gasteiger partial charge in [-0.3, -0.25) is 4.79 Å². The zero-order valence-electron chi connectivity index (χ0n) is 10.7. The van der Waals surface area contributed by atoms with Gasteiger partial charge in [-0.2, -0.15) is 23.4 Å². The summed E-state index contributed by atoms with van der Waals surface area (Å²) in [5.74, 6) is -0.704. The zero-order valence-corrected chi connectivity index (χ0v) is 10.7. The van der Waals surface area contributed by atoms with E-state index in [4.69, 9.17) is 5.73 Å². The minimum atomic E-state index is -4.53. The SMILES string of the molecule is Nc1ccc(C(F)(F)F)cc1C(=O)NCc1cccnn1. The van der Waals surface area contributed by atoms with E-state index in [0.717, 1.165) is 18.2 Å². The fourth-order valence-electron chi connectivity index (χ4n) is 1.62. The molecule has 0 saturated carbocycles. The monoisotopic (exact) mass is 296 g/mol. The van der Waals surface area contributed by atoms with Crippen LogP contribution in [0.25, 0.3) is 0 Å². The van der Waals surface area contributed by atoms with Crippen molar-refractivity contribution in [3.05, 3.63) is 53.3 Å². The molecule has 0 fully saturated rings. The molecule has 110 valence electrons. The van der Waals surface area contributed by atoms with Crippen LogP contribution < -0.4 is 11.1 Å². The van der Waals surface area contributed by atoms with Gasteiger partial charge in [0.1, 0.15) is 0 Å². The fourth-order valence-corrected chi connectivity index (χ4v) is 1.62. The van der Waals surface area contributed by atoms with Gasteiger partial charge in [0, 0.05) is 11.9 Å². The number of nitrogen functional groups attached to an aromatic ring is 1. The molecule has 8 heteroatoms. The molecule has 0 aliphatic carbocycles. The Labute approximate surface area is 118 Å². The third-order valence-electron chi connectivity index (χ3n) is 2.68. The molecule has 1 aromatic carbocycles. The van der Waals surface area contributed by atoms with E-state index in [9.17, 15) is 18.0 Å². The Balaban J connectivity index is 2.15. The highest BCUT2D eigenvalue weighted by atomic mass is 19.4. The molecule has 2 aromatic rings. The quantitative estimate of drug-likeness (QED) is 0.849. The molecule has 21 heavy (non-hydrogen) atoms. The number of amides is 1. The van der Waals surface area contributed by atoms with Crippen LogP contribution in [-0.2, 0) is 12.7 Å². The summed E-state index contributed by atoms with van der Waals surface area (Å²) < 4.78 is 37.9. The van der Waals surface area contributed by atoms with Gasteiger partial charge in [0.05, 0.1) is 23.4 Å². The minimum Gasteiger partial charge on any atom is -0.398 e. The topological polar surface area (TPSA) is 80.9 Å². The highest BCUT2D eigenvalue weighted by molar-refractivity contribution is 5.99. The number of hydrogen-bond donors (Lipinski definition) is 2. The summed E-state index contributed by atoms with van der Waals surface area (Å²) >= 11 is 0. The molecule has 3 N–H and O–H groups in total. The first-order valence-corrected chi connectivity index (χ1v) is 5.89. The highest BCUT2D eigenvalue weighted by Crippen LogP contribution is 2.31. The van der Waals surface area contributed by atoms with Crippen molar-refractivity contribution in [3.63, 3.8) is 0 Å². The smallest absolute Gasteiger partial charge is 0.398 e. The van der Waals surface area contributed by atoms with Crippen LogP contribution >= 0.6 is 0 Å². The first kappa shape index (κ1) is 14.8. The van der Waals surface area contributed by atoms with Gasteiger partial charge >= 0.3 is 6.18 Å². The first-order chi connectivity index (χ1) is 9.88. The van der Waals surface area contributed by atoms with E-state index in [0.29, 0.717) is 5.69 Å². The number of nitrogens with one attached hydrogen (secondary N) is 1. The lowest BCUT2D eigenvalue weighted by Crippen LogP contribution is -2.25. The van der Waals surface area contributed by atoms with Crippen molar-refractivity contribution in [1.82, 2.24) is 15.5 Å². The van der Waals surface area contributed by atoms with Crippen LogP contribution in [0.4, 0.5) is 18.9 Å². The molecule has 0 bridgehead atoms. The lowest BCUT2D eigenvalue weighted by Gasteiger charge is -2.11. The number of nitrogens with two attached hydrogens (primary N) is 1. The van der Waals surface area contributed by atoms with Gasteiger partial charge in [0.2, 0.25) is 0 Å². The molecule has 0 spiro atoms. The van der Waals surface area contributed by atoms with Gasteiger partial charge in [-0.25, -0.2) is 0 Å². The Morgan fingerprint density at radius 2 is 2.05 bits per heavy atom. The predicted octanol–water partition coefficient (Wildman–Crippen LogP) is 2.01. The zero-order chi connectivity index (χ0) is 15.5. The Kier molecular flexibility index (Phi) is 4.06. The number of benzene rings is 1. The summed E-state index contributed by atoms with van der Waals surface area (Å²) in [6, 6.07) is 5.87. The Morgan fingerprint density at radius 3 is 2.67 bits per heavy atom. The van der Waals surface area contributed by atoms with E-state index < -0.39 is 17.6 Å². The van der Waals surface area contributed by atoms with Crippen LogP contribution in [0.15, 0.2) is 36.5 Å². The minimum absolute atomic E-state index is 0.0281. The van der Waals surface area contributed by atoms with E-state index >= 15 is 0 Å². The summed E-state index contributed by atoms with van der Waals surface area (Å²) in [7, 11) is 0. The average molecular weight is 296 g/mol. The van der Waals surface area contributed by atoms with Gasteiger partial charge in [0.15, 0.2) is 0 Å². The van der Waals surface area contributed by atoms with Gasteiger partial charge in [-0.15, -0.1) is 0 Å². The molecule has 1 amide bonds. The fraction of sp³-hybridized carbons (Fsp3) is 0.154. The van der Waals surface area contributed by atoms with Gasteiger partial charge in [-0.1, -0.05) is 0 Å². The average Bonchev–Trinajstić information content (AvgIpc) is 2.45. The largest absolute Gasteiger partial charge is 0.416 e. The number of carbonyl (C=O) groups excluding carboxylic acids is 1. The van der Waals surface area contributed by atoms with Crippen molar-refractivity contribution in [2.45, 2.75) is 12.7 Å². The van der Waals surface area contributed by atoms with Crippen molar-refractivity contribution in [3.8, 4) is 0 Å². The standard InChI is InChI=1S/C13H11F3N4O/c14-13(15,16)8-3-4-11(17)10(6-8)12(21)18-7-9-2-1-5-19-20-9/h1-6H,7,17H2,(H,18,21). The Hall–Kier alpha value is -2.64. The van der Waals surface area contributed by atoms with Crippen molar-refractivity contribution in [1.29, 1.82) is 0 Å². The van der Waals surface area contributed by atoms with Gasteiger partial charge in [-0.05, 0) is 30.3 Å². The van der Waals surface area contributed by atoms with E-state index in [1.54, 1.807) is 12.1 Å². The van der Waals surface area contributed by atoms with E-state index in [-0.39, 0.29) is 17.8 Å². The van der Waals surface area contributed by atoms with Gasteiger partial charge < -0.3 is 11.1 Å². The van der Waals surface area contributed by atoms with Crippen molar-refractivity contribution in [2.75, 3.05) is 5.73 Å². The molecule has 0 saturated heterocycles. The molecule has 0 aliphatic heterocycles. The summed E-state index contributed by atoms with van der Waals surface area (Å²) in [4.78, 5) is 11.9. The Morgan fingerprint density at radius 1 is 1.29 bits per heavy atom. The molecule has 0 radical (unpaired) electrons. The van der Waals surface area contributed by atoms with Crippen molar-refractivity contribution < 1.29 is 18.0 Å². The molecule has 2 rings (SSSR count). The van der Waals surface area contributed by atoms with E-state index in [1.807, 2.05) is 0 Å². The number of alkyl halides is 3. The third-order valence-corrected chi connectivity index (χ3v) is 2.68. The normalized spacial score (nSPS) is 11.2. The second kappa shape index (κ2) is 5.78. The van der Waals surface area contributed by atoms with Crippen LogP contribution in [-0.4, -0.2) is 16.1 Å². The molecule has 1 heterocycles. The van der Waals surface area contributed by atoms with Gasteiger partial charge in [0.25, 0.3) is 5.91 Å². The number of aromatic nitrogens is 2. The van der Waals surface area contributed by atoms with Crippen LogP contribution in [0, 0.1) is 0 Å². The number of anilines is 1. The summed E-state index contributed by atoms with van der Waals surface area (Å²) in [6.07, 6.45) is -3.07. The van der Waals surface area contributed by atoms with E-state index in [2.05, 4.69) is 15.5 Å². The number of hydrogen-bond acceptors (Lipinski definition) is 4. The third kappa shape index (κ3) is 3.68. The molecule has 1 aromatic heterocycles. The second-order valence-electron chi connectivity index (χ2n) is 4.20. The maximum absolute atomic E-state index is 12.6. The highest BCUT2D eigenvalue weighted by Gasteiger charge is 2.31. The summed E-state index contributed by atoms with van der Waals surface area (Å²) in [6.45, 7) is 0.0440. The van der Waals surface area contributed by atoms with Crippen LogP contribution in [0.2, 0.25) is 0 Å². The summed E-state index contributed by atoms with van der Waals surface area (Å²) in [5, 5.41) is 9.82. The molecular formula is C13H11F3N4O. The predicted molar refractivity (Wildman–Crippen MR) is 69.1 cm³/mol. The molecular weight excluding hydrogens is 285 g/mol. The molecule has 0 unspecified atom stereocenters. The summed E-state index contributed by atoms with van der Waals surface area (Å²) in [5.41, 5.74) is 4.84. The number of carbonyl (C=O) groups is 1. The number of halogens is 3. The van der Waals surface area contributed by atoms with Crippen LogP contribution in [0.5, 0.6) is 0 Å². The van der Waals surface area contributed by atoms with Crippen molar-refractivity contribution >= 4 is 11.6 Å².